The van der Waals surface area contributed by atoms with Gasteiger partial charge in [-0.3, -0.25) is 19.7 Å². The first kappa shape index (κ1) is 16.2. The Morgan fingerprint density at radius 3 is 2.52 bits per heavy atom. The number of anilines is 1. The van der Waals surface area contributed by atoms with Gasteiger partial charge in [-0.15, -0.1) is 0 Å². The number of nitro groups is 1. The molecule has 0 spiro atoms. The molecule has 0 radical (unpaired) electrons. The molecule has 0 fully saturated rings. The molecule has 2 aromatic carbocycles. The summed E-state index contributed by atoms with van der Waals surface area (Å²) in [5, 5.41) is 13.6. The maximum Gasteiger partial charge on any atom is 0.308 e. The first-order valence-corrected chi connectivity index (χ1v) is 6.72. The Morgan fingerprint density at radius 2 is 1.87 bits per heavy atom. The van der Waals surface area contributed by atoms with Crippen molar-refractivity contribution in [2.45, 2.75) is 13.8 Å². The lowest BCUT2D eigenvalue weighted by atomic mass is 10.1. The van der Waals surface area contributed by atoms with Crippen LogP contribution in [0.15, 0.2) is 42.5 Å². The van der Waals surface area contributed by atoms with E-state index in [-0.39, 0.29) is 22.7 Å². The van der Waals surface area contributed by atoms with Crippen LogP contribution in [-0.2, 0) is 4.79 Å². The van der Waals surface area contributed by atoms with Gasteiger partial charge in [-0.1, -0.05) is 18.2 Å². The fourth-order valence-corrected chi connectivity index (χ4v) is 1.99. The molecule has 0 bridgehead atoms. The van der Waals surface area contributed by atoms with Gasteiger partial charge in [-0.2, -0.15) is 0 Å². The maximum atomic E-state index is 12.4. The van der Waals surface area contributed by atoms with Crippen molar-refractivity contribution in [3.63, 3.8) is 0 Å². The van der Waals surface area contributed by atoms with Crippen molar-refractivity contribution in [3.05, 3.63) is 63.7 Å². The predicted molar refractivity (Wildman–Crippen MR) is 83.5 cm³/mol. The quantitative estimate of drug-likeness (QED) is 0.404. The molecule has 0 aliphatic heterocycles. The van der Waals surface area contributed by atoms with Crippen LogP contribution in [0.2, 0.25) is 0 Å². The van der Waals surface area contributed by atoms with Crippen LogP contribution in [0.4, 0.5) is 11.4 Å². The molecule has 0 atom stereocenters. The van der Waals surface area contributed by atoms with Gasteiger partial charge in [0.2, 0.25) is 0 Å². The number of aryl methyl sites for hydroxylation is 1. The summed E-state index contributed by atoms with van der Waals surface area (Å²) in [6.45, 7) is 2.94. The standard InChI is InChI=1S/C16H14N2O5/c1-10-7-8-13(14(9-10)18(21)22)17-16(20)12-5-3-4-6-15(12)23-11(2)19/h3-9H,1-2H3,(H,17,20). The number of nitrogens with zero attached hydrogens (tertiary/aromatic N) is 1. The number of esters is 1. The van der Waals surface area contributed by atoms with Crippen molar-refractivity contribution in [1.29, 1.82) is 0 Å². The first-order valence-electron chi connectivity index (χ1n) is 6.72. The van der Waals surface area contributed by atoms with E-state index in [1.165, 1.54) is 31.2 Å². The minimum Gasteiger partial charge on any atom is -0.426 e. The van der Waals surface area contributed by atoms with Gasteiger partial charge in [-0.25, -0.2) is 0 Å². The normalized spacial score (nSPS) is 10.0. The van der Waals surface area contributed by atoms with Crippen LogP contribution in [0, 0.1) is 17.0 Å². The van der Waals surface area contributed by atoms with Gasteiger partial charge in [0.25, 0.3) is 11.6 Å². The molecule has 23 heavy (non-hydrogen) atoms. The number of para-hydroxylation sites is 1. The van der Waals surface area contributed by atoms with Crippen LogP contribution in [0.3, 0.4) is 0 Å². The van der Waals surface area contributed by atoms with Crippen LogP contribution < -0.4 is 10.1 Å². The summed E-state index contributed by atoms with van der Waals surface area (Å²) in [6.07, 6.45) is 0. The van der Waals surface area contributed by atoms with E-state index in [4.69, 9.17) is 4.74 Å². The highest BCUT2D eigenvalue weighted by molar-refractivity contribution is 6.07. The van der Waals surface area contributed by atoms with Gasteiger partial charge >= 0.3 is 5.97 Å². The van der Waals surface area contributed by atoms with Crippen LogP contribution >= 0.6 is 0 Å². The van der Waals surface area contributed by atoms with Gasteiger partial charge in [0.15, 0.2) is 0 Å². The lowest BCUT2D eigenvalue weighted by Crippen LogP contribution is -2.15. The molecule has 0 aliphatic carbocycles. The number of hydrogen-bond acceptors (Lipinski definition) is 5. The van der Waals surface area contributed by atoms with Gasteiger partial charge in [0, 0.05) is 13.0 Å². The number of carbonyl (C=O) groups is 2. The largest absolute Gasteiger partial charge is 0.426 e. The Hall–Kier alpha value is -3.22. The van der Waals surface area contributed by atoms with E-state index in [2.05, 4.69) is 5.32 Å². The number of benzene rings is 2. The molecule has 1 N–H and O–H groups in total. The van der Waals surface area contributed by atoms with E-state index < -0.39 is 16.8 Å². The topological polar surface area (TPSA) is 98.5 Å². The Kier molecular flexibility index (Phi) is 4.70. The molecule has 2 rings (SSSR count). The number of carbonyl (C=O) groups excluding carboxylic acids is 2. The summed E-state index contributed by atoms with van der Waals surface area (Å²) in [7, 11) is 0. The zero-order chi connectivity index (χ0) is 17.0. The molecule has 0 aliphatic rings. The summed E-state index contributed by atoms with van der Waals surface area (Å²) in [5.74, 6) is -1.08. The molecular formula is C16H14N2O5. The van der Waals surface area contributed by atoms with Crippen LogP contribution in [0.5, 0.6) is 5.75 Å². The Labute approximate surface area is 132 Å². The monoisotopic (exact) mass is 314 g/mol. The molecule has 2 aromatic rings. The Bertz CT molecular complexity index is 786. The van der Waals surface area contributed by atoms with Crippen LogP contribution in [0.25, 0.3) is 0 Å². The fraction of sp³-hybridized carbons (Fsp3) is 0.125. The van der Waals surface area contributed by atoms with E-state index in [9.17, 15) is 19.7 Å². The summed E-state index contributed by atoms with van der Waals surface area (Å²) in [4.78, 5) is 34.0. The van der Waals surface area contributed by atoms with Crippen molar-refractivity contribution in [2.24, 2.45) is 0 Å². The van der Waals surface area contributed by atoms with Gasteiger partial charge in [-0.05, 0) is 30.7 Å². The van der Waals surface area contributed by atoms with E-state index in [0.717, 1.165) is 0 Å². The average molecular weight is 314 g/mol. The highest BCUT2D eigenvalue weighted by Crippen LogP contribution is 2.27. The third-order valence-corrected chi connectivity index (χ3v) is 2.98. The minimum absolute atomic E-state index is 0.0724. The number of ether oxygens (including phenoxy) is 1. The zero-order valence-corrected chi connectivity index (χ0v) is 12.5. The van der Waals surface area contributed by atoms with E-state index in [1.54, 1.807) is 25.1 Å². The molecule has 0 heterocycles. The third-order valence-electron chi connectivity index (χ3n) is 2.98. The molecular weight excluding hydrogens is 300 g/mol. The maximum absolute atomic E-state index is 12.4. The fourth-order valence-electron chi connectivity index (χ4n) is 1.99. The number of amides is 1. The predicted octanol–water partition coefficient (Wildman–Crippen LogP) is 3.08. The summed E-state index contributed by atoms with van der Waals surface area (Å²) < 4.78 is 4.97. The van der Waals surface area contributed by atoms with Gasteiger partial charge in [0.1, 0.15) is 11.4 Å². The Morgan fingerprint density at radius 1 is 1.17 bits per heavy atom. The molecule has 0 unspecified atom stereocenters. The first-order chi connectivity index (χ1) is 10.9. The molecule has 7 heteroatoms. The second kappa shape index (κ2) is 6.69. The summed E-state index contributed by atoms with van der Waals surface area (Å²) >= 11 is 0. The molecule has 0 saturated carbocycles. The highest BCUT2D eigenvalue weighted by atomic mass is 16.6. The molecule has 118 valence electrons. The van der Waals surface area contributed by atoms with Crippen molar-refractivity contribution in [2.75, 3.05) is 5.32 Å². The summed E-state index contributed by atoms with van der Waals surface area (Å²) in [6, 6.07) is 10.6. The SMILES string of the molecule is CC(=O)Oc1ccccc1C(=O)Nc1ccc(C)cc1[N+](=O)[O-]. The zero-order valence-electron chi connectivity index (χ0n) is 12.5. The number of rotatable bonds is 4. The lowest BCUT2D eigenvalue weighted by Gasteiger charge is -2.10. The average Bonchev–Trinajstić information content (AvgIpc) is 2.48. The third kappa shape index (κ3) is 3.91. The minimum atomic E-state index is -0.603. The molecule has 1 amide bonds. The van der Waals surface area contributed by atoms with Crippen molar-refractivity contribution in [1.82, 2.24) is 0 Å². The van der Waals surface area contributed by atoms with Crippen molar-refractivity contribution < 1.29 is 19.2 Å². The lowest BCUT2D eigenvalue weighted by molar-refractivity contribution is -0.384. The molecule has 7 nitrogen and oxygen atoms in total. The second-order valence-electron chi connectivity index (χ2n) is 4.82. The van der Waals surface area contributed by atoms with E-state index in [0.29, 0.717) is 5.56 Å². The molecule has 0 saturated heterocycles. The number of nitro benzene ring substituents is 1. The summed E-state index contributed by atoms with van der Waals surface area (Å²) in [5.41, 5.74) is 0.680. The Balaban J connectivity index is 2.34. The molecule has 0 aromatic heterocycles. The van der Waals surface area contributed by atoms with Crippen molar-refractivity contribution >= 4 is 23.3 Å². The van der Waals surface area contributed by atoms with Crippen molar-refractivity contribution in [3.8, 4) is 5.75 Å². The van der Waals surface area contributed by atoms with Crippen LogP contribution in [-0.4, -0.2) is 16.8 Å². The number of hydrogen-bond donors (Lipinski definition) is 1. The van der Waals surface area contributed by atoms with E-state index in [1.807, 2.05) is 0 Å². The highest BCUT2D eigenvalue weighted by Gasteiger charge is 2.19. The number of nitrogens with one attached hydrogen (secondary N) is 1. The van der Waals surface area contributed by atoms with E-state index >= 15 is 0 Å². The van der Waals surface area contributed by atoms with Gasteiger partial charge in [0.05, 0.1) is 10.5 Å². The van der Waals surface area contributed by atoms with Gasteiger partial charge < -0.3 is 10.1 Å². The second-order valence-corrected chi connectivity index (χ2v) is 4.82. The smallest absolute Gasteiger partial charge is 0.308 e. The van der Waals surface area contributed by atoms with Crippen LogP contribution in [0.1, 0.15) is 22.8 Å².